The lowest BCUT2D eigenvalue weighted by Crippen LogP contribution is -2.75. The highest BCUT2D eigenvalue weighted by atomic mass is 16.6. The van der Waals surface area contributed by atoms with E-state index in [2.05, 4.69) is 41.4 Å². The summed E-state index contributed by atoms with van der Waals surface area (Å²) in [6, 6.07) is 25.2. The van der Waals surface area contributed by atoms with Gasteiger partial charge in [-0.05, 0) is 55.3 Å². The highest BCUT2D eigenvalue weighted by Crippen LogP contribution is 2.61. The van der Waals surface area contributed by atoms with Crippen molar-refractivity contribution in [3.05, 3.63) is 112 Å². The Labute approximate surface area is 282 Å². The third kappa shape index (κ3) is 6.36. The number of unbranched alkanes of at least 4 members (excludes halogenated alkanes) is 3. The molecule has 0 amide bonds. The van der Waals surface area contributed by atoms with Crippen LogP contribution in [0.2, 0.25) is 0 Å². The molecule has 2 aliphatic rings. The summed E-state index contributed by atoms with van der Waals surface area (Å²) in [5.74, 6) is -4.03. The first-order valence-corrected chi connectivity index (χ1v) is 17.2. The number of carboxylic acid groups (broad SMARTS) is 2. The Bertz CT molecular complexity index is 1530. The van der Waals surface area contributed by atoms with Crippen molar-refractivity contribution in [3.8, 4) is 0 Å². The molecule has 10 heteroatoms. The van der Waals surface area contributed by atoms with Crippen LogP contribution < -0.4 is 11.1 Å². The predicted molar refractivity (Wildman–Crippen MR) is 184 cm³/mol. The number of nitrogens with zero attached hydrogens (tertiary/aromatic N) is 2. The second-order valence-electron chi connectivity index (χ2n) is 13.6. The molecule has 6 atom stereocenters. The van der Waals surface area contributed by atoms with E-state index in [-0.39, 0.29) is 18.2 Å². The third-order valence-electron chi connectivity index (χ3n) is 11.1. The lowest BCUT2D eigenvalue weighted by Gasteiger charge is -2.60. The van der Waals surface area contributed by atoms with Gasteiger partial charge in [0.1, 0.15) is 5.41 Å². The van der Waals surface area contributed by atoms with E-state index in [0.717, 1.165) is 30.4 Å². The number of nitro groups is 1. The zero-order valence-corrected chi connectivity index (χ0v) is 27.8. The van der Waals surface area contributed by atoms with Crippen LogP contribution in [-0.2, 0) is 9.59 Å². The van der Waals surface area contributed by atoms with Crippen LogP contribution in [0.5, 0.6) is 0 Å². The Morgan fingerprint density at radius 3 is 2.19 bits per heavy atom. The number of nitrogens with one attached hydrogen (secondary N) is 1. The van der Waals surface area contributed by atoms with Crippen molar-refractivity contribution in [2.24, 2.45) is 22.5 Å². The Morgan fingerprint density at radius 1 is 0.979 bits per heavy atom. The summed E-state index contributed by atoms with van der Waals surface area (Å²) in [6.45, 7) is 4.90. The fourth-order valence-electron chi connectivity index (χ4n) is 8.86. The average molecular weight is 657 g/mol. The molecule has 0 bridgehead atoms. The first-order chi connectivity index (χ1) is 23.1. The first-order valence-electron chi connectivity index (χ1n) is 17.2. The molecule has 3 aromatic carbocycles. The number of likely N-dealkylation sites (tertiary alicyclic amines) is 1. The fraction of sp³-hybridized carbons (Fsp3) is 0.474. The molecule has 0 aliphatic carbocycles. The van der Waals surface area contributed by atoms with E-state index in [1.54, 1.807) is 13.0 Å². The fourth-order valence-corrected chi connectivity index (χ4v) is 8.86. The molecule has 3 aromatic rings. The number of nitro benzene ring substituents is 1. The van der Waals surface area contributed by atoms with Crippen molar-refractivity contribution < 1.29 is 24.7 Å². The van der Waals surface area contributed by atoms with Gasteiger partial charge in [0, 0.05) is 30.6 Å². The topological polar surface area (TPSA) is 159 Å². The maximum Gasteiger partial charge on any atom is 0.313 e. The Hall–Kier alpha value is -4.12. The number of hydrogen-bond donors (Lipinski definition) is 4. The summed E-state index contributed by atoms with van der Waals surface area (Å²) in [4.78, 5) is 41.7. The van der Waals surface area contributed by atoms with E-state index in [0.29, 0.717) is 37.9 Å². The third-order valence-corrected chi connectivity index (χ3v) is 11.1. The number of hydrogen-bond acceptors (Lipinski definition) is 7. The van der Waals surface area contributed by atoms with Crippen LogP contribution in [0.1, 0.15) is 87.4 Å². The number of carboxylic acids is 2. The minimum absolute atomic E-state index is 0.165. The molecule has 2 fully saturated rings. The average Bonchev–Trinajstić information content (AvgIpc) is 3.08. The van der Waals surface area contributed by atoms with Crippen molar-refractivity contribution in [1.29, 1.82) is 0 Å². The van der Waals surface area contributed by atoms with Gasteiger partial charge in [-0.25, -0.2) is 0 Å². The second-order valence-corrected chi connectivity index (χ2v) is 13.6. The van der Waals surface area contributed by atoms with Crippen LogP contribution >= 0.6 is 0 Å². The van der Waals surface area contributed by atoms with Gasteiger partial charge in [-0.2, -0.15) is 0 Å². The first kappa shape index (κ1) is 35.2. The maximum atomic E-state index is 14.1. The van der Waals surface area contributed by atoms with Crippen molar-refractivity contribution in [1.82, 2.24) is 10.2 Å². The van der Waals surface area contributed by atoms with Crippen LogP contribution in [0, 0.1) is 26.9 Å². The van der Waals surface area contributed by atoms with Gasteiger partial charge in [0.25, 0.3) is 5.69 Å². The quantitative estimate of drug-likeness (QED) is 0.0907. The Balaban J connectivity index is 1.70. The van der Waals surface area contributed by atoms with Gasteiger partial charge >= 0.3 is 11.9 Å². The molecular formula is C38H48N4O6. The van der Waals surface area contributed by atoms with Gasteiger partial charge in [-0.3, -0.25) is 29.9 Å². The molecule has 2 saturated heterocycles. The van der Waals surface area contributed by atoms with Gasteiger partial charge < -0.3 is 15.9 Å². The molecule has 5 N–H and O–H groups in total. The molecule has 10 nitrogen and oxygen atoms in total. The Kier molecular flexibility index (Phi) is 11.0. The molecule has 0 saturated carbocycles. The van der Waals surface area contributed by atoms with Crippen LogP contribution in [0.4, 0.5) is 5.69 Å². The van der Waals surface area contributed by atoms with Gasteiger partial charge in [0.05, 0.1) is 22.5 Å². The number of rotatable bonds is 13. The van der Waals surface area contributed by atoms with Crippen LogP contribution in [0.25, 0.3) is 0 Å². The summed E-state index contributed by atoms with van der Waals surface area (Å²) < 4.78 is 0. The van der Waals surface area contributed by atoms with Crippen molar-refractivity contribution >= 4 is 17.6 Å². The molecule has 0 radical (unpaired) electrons. The zero-order chi connectivity index (χ0) is 34.5. The van der Waals surface area contributed by atoms with Crippen LogP contribution in [-0.4, -0.2) is 57.3 Å². The van der Waals surface area contributed by atoms with Gasteiger partial charge in [0.2, 0.25) is 0 Å². The summed E-state index contributed by atoms with van der Waals surface area (Å²) in [6.07, 6.45) is 3.51. The van der Waals surface area contributed by atoms with Crippen molar-refractivity contribution in [2.45, 2.75) is 83.0 Å². The zero-order valence-electron chi connectivity index (χ0n) is 27.8. The monoisotopic (exact) mass is 656 g/mol. The van der Waals surface area contributed by atoms with E-state index in [9.17, 15) is 29.9 Å². The number of carbonyl (C=O) groups is 2. The molecule has 0 spiro atoms. The smallest absolute Gasteiger partial charge is 0.313 e. The summed E-state index contributed by atoms with van der Waals surface area (Å²) in [5.41, 5.74) is 5.81. The van der Waals surface area contributed by atoms with Gasteiger partial charge in [-0.15, -0.1) is 0 Å². The van der Waals surface area contributed by atoms with Gasteiger partial charge in [-0.1, -0.05) is 105 Å². The van der Waals surface area contributed by atoms with E-state index < -0.39 is 51.7 Å². The van der Waals surface area contributed by atoms with E-state index >= 15 is 0 Å². The summed E-state index contributed by atoms with van der Waals surface area (Å²) >= 11 is 0. The molecule has 2 heterocycles. The highest BCUT2D eigenvalue weighted by molar-refractivity contribution is 5.84. The highest BCUT2D eigenvalue weighted by Gasteiger charge is 2.69. The van der Waals surface area contributed by atoms with E-state index in [4.69, 9.17) is 5.73 Å². The van der Waals surface area contributed by atoms with Crippen LogP contribution in [0.3, 0.4) is 0 Å². The molecular weight excluding hydrogens is 608 g/mol. The normalized spacial score (nSPS) is 27.8. The standard InChI is InChI=1S/C38H48N4O6/c1-3-4-5-12-22-37(35(43)44)26(2)40-34(39)38(36(45)46,33(37)29-19-13-21-31(24-29)42(47)48)30-20-14-23-41(25-30)32(27-15-8-6-9-16-27)28-17-10-7-11-18-28/h6-11,13,15-19,21,24,26,30,32-34,40H,3-5,12,14,20,22-23,25,39H2,1-2H3,(H,43,44)(H,45,46). The molecule has 48 heavy (non-hydrogen) atoms. The predicted octanol–water partition coefficient (Wildman–Crippen LogP) is 6.57. The van der Waals surface area contributed by atoms with E-state index in [1.807, 2.05) is 36.4 Å². The number of nitrogens with two attached hydrogens (primary N) is 1. The Morgan fingerprint density at radius 2 is 1.62 bits per heavy atom. The number of non-ortho nitro benzene ring substituents is 1. The SMILES string of the molecule is CCCCCCC1(C(=O)O)C(C)NC(N)C(C(=O)O)(C2CCCN(C(c3ccccc3)c3ccccc3)C2)C1c1cccc([N+](=O)[O-])c1. The molecule has 5 rings (SSSR count). The van der Waals surface area contributed by atoms with Crippen molar-refractivity contribution in [3.63, 3.8) is 0 Å². The molecule has 0 aromatic heterocycles. The maximum absolute atomic E-state index is 14.1. The number of benzene rings is 3. The van der Waals surface area contributed by atoms with Crippen molar-refractivity contribution in [2.75, 3.05) is 13.1 Å². The number of piperidine rings is 2. The largest absolute Gasteiger partial charge is 0.481 e. The molecule has 6 unspecified atom stereocenters. The van der Waals surface area contributed by atoms with E-state index in [1.165, 1.54) is 18.2 Å². The minimum Gasteiger partial charge on any atom is -0.481 e. The number of aliphatic carboxylic acids is 2. The molecule has 256 valence electrons. The summed E-state index contributed by atoms with van der Waals surface area (Å²) in [7, 11) is 0. The van der Waals surface area contributed by atoms with Gasteiger partial charge in [0.15, 0.2) is 0 Å². The minimum atomic E-state index is -1.80. The van der Waals surface area contributed by atoms with Crippen LogP contribution in [0.15, 0.2) is 84.9 Å². The molecule has 2 aliphatic heterocycles. The second kappa shape index (κ2) is 15.0. The summed E-state index contributed by atoms with van der Waals surface area (Å²) in [5, 5.41) is 38.1. The lowest BCUT2D eigenvalue weighted by molar-refractivity contribution is -0.385. The lowest BCUT2D eigenvalue weighted by atomic mass is 9.47.